The first-order valence-electron chi connectivity index (χ1n) is 7.25. The van der Waals surface area contributed by atoms with Gasteiger partial charge in [-0.25, -0.2) is 4.79 Å². The summed E-state index contributed by atoms with van der Waals surface area (Å²) in [5.41, 5.74) is 3.29. The molecule has 1 saturated heterocycles. The van der Waals surface area contributed by atoms with Crippen LogP contribution in [-0.2, 0) is 27.1 Å². The van der Waals surface area contributed by atoms with Crippen LogP contribution in [0.2, 0.25) is 0 Å². The van der Waals surface area contributed by atoms with Crippen LogP contribution in [0.5, 0.6) is 0 Å². The molecule has 0 radical (unpaired) electrons. The molecule has 5 heteroatoms. The van der Waals surface area contributed by atoms with E-state index in [9.17, 15) is 14.7 Å². The first-order valence-corrected chi connectivity index (χ1v) is 8.71. The van der Waals surface area contributed by atoms with E-state index in [1.165, 1.54) is 5.56 Å². The number of benzene rings is 1. The standard InChI is InChI=1S/C16H21NO3S/c1-11-6-7-13(12(2)9-11)10-15(18)17-21-8-4-3-5-14(21)16(19)20/h6-7,9,14H,3-5,8,10H2,1-2H3,(H-,17,18,19,20)/p+1. The fraction of sp³-hybridized carbons (Fsp3) is 0.500. The van der Waals surface area contributed by atoms with Crippen LogP contribution in [-0.4, -0.2) is 28.0 Å². The lowest BCUT2D eigenvalue weighted by atomic mass is 10.0. The molecule has 114 valence electrons. The lowest BCUT2D eigenvalue weighted by Gasteiger charge is -2.20. The van der Waals surface area contributed by atoms with Gasteiger partial charge in [-0.3, -0.25) is 4.79 Å². The Kier molecular flexibility index (Phi) is 5.28. The van der Waals surface area contributed by atoms with Gasteiger partial charge in [-0.05, 0) is 37.8 Å². The lowest BCUT2D eigenvalue weighted by molar-refractivity contribution is -0.136. The van der Waals surface area contributed by atoms with E-state index in [0.717, 1.165) is 29.7 Å². The second kappa shape index (κ2) is 6.98. The number of nitrogens with one attached hydrogen (secondary N) is 1. The summed E-state index contributed by atoms with van der Waals surface area (Å²) in [4.78, 5) is 23.4. The highest BCUT2D eigenvalue weighted by atomic mass is 32.2. The summed E-state index contributed by atoms with van der Waals surface area (Å²) in [6.07, 6.45) is 2.92. The summed E-state index contributed by atoms with van der Waals surface area (Å²) in [7, 11) is 0. The van der Waals surface area contributed by atoms with Gasteiger partial charge in [0.15, 0.2) is 0 Å². The highest BCUT2D eigenvalue weighted by Gasteiger charge is 2.41. The van der Waals surface area contributed by atoms with Gasteiger partial charge >= 0.3 is 5.97 Å². The minimum Gasteiger partial charge on any atom is -0.477 e. The SMILES string of the molecule is Cc1ccc(CC(=O)N[S+]2CCCCC2C(=O)O)c(C)c1. The number of hydrogen-bond acceptors (Lipinski definition) is 2. The van der Waals surface area contributed by atoms with Crippen molar-refractivity contribution >= 4 is 23.0 Å². The molecule has 1 heterocycles. The molecule has 21 heavy (non-hydrogen) atoms. The fourth-order valence-corrected chi connectivity index (χ4v) is 4.74. The maximum Gasteiger partial charge on any atom is 0.359 e. The highest BCUT2D eigenvalue weighted by molar-refractivity contribution is 7.96. The van der Waals surface area contributed by atoms with E-state index in [1.54, 1.807) is 0 Å². The van der Waals surface area contributed by atoms with E-state index >= 15 is 0 Å². The summed E-state index contributed by atoms with van der Waals surface area (Å²) in [5.74, 6) is -0.0708. The normalized spacial score (nSPS) is 21.8. The van der Waals surface area contributed by atoms with Crippen LogP contribution in [0.15, 0.2) is 18.2 Å². The molecule has 2 rings (SSSR count). The minimum absolute atomic E-state index is 0.0709. The third-order valence-corrected chi connectivity index (χ3v) is 6.14. The van der Waals surface area contributed by atoms with Crippen molar-refractivity contribution < 1.29 is 14.7 Å². The maximum atomic E-state index is 12.2. The molecular formula is C16H22NO3S+. The van der Waals surface area contributed by atoms with Gasteiger partial charge in [-0.1, -0.05) is 23.8 Å². The van der Waals surface area contributed by atoms with Gasteiger partial charge in [0.1, 0.15) is 16.8 Å². The van der Waals surface area contributed by atoms with Crippen LogP contribution in [0.25, 0.3) is 0 Å². The van der Waals surface area contributed by atoms with Crippen LogP contribution < -0.4 is 4.72 Å². The molecule has 1 aromatic rings. The summed E-state index contributed by atoms with van der Waals surface area (Å²) in [6, 6.07) is 6.03. The average molecular weight is 308 g/mol. The van der Waals surface area contributed by atoms with Gasteiger partial charge in [0.25, 0.3) is 5.91 Å². The Morgan fingerprint density at radius 1 is 1.33 bits per heavy atom. The van der Waals surface area contributed by atoms with Crippen molar-refractivity contribution in [1.29, 1.82) is 0 Å². The molecule has 0 aromatic heterocycles. The molecule has 1 aliphatic heterocycles. The highest BCUT2D eigenvalue weighted by Crippen LogP contribution is 2.20. The number of amides is 1. The van der Waals surface area contributed by atoms with Crippen molar-refractivity contribution in [2.45, 2.75) is 44.8 Å². The Labute approximate surface area is 128 Å². The largest absolute Gasteiger partial charge is 0.477 e. The Balaban J connectivity index is 1.98. The number of aliphatic carboxylic acids is 1. The minimum atomic E-state index is -0.787. The van der Waals surface area contributed by atoms with Crippen molar-refractivity contribution in [3.05, 3.63) is 34.9 Å². The Morgan fingerprint density at radius 2 is 2.10 bits per heavy atom. The Bertz CT molecular complexity index is 544. The summed E-state index contributed by atoms with van der Waals surface area (Å²) in [6.45, 7) is 4.02. The zero-order valence-corrected chi connectivity index (χ0v) is 13.3. The van der Waals surface area contributed by atoms with E-state index in [0.29, 0.717) is 12.8 Å². The van der Waals surface area contributed by atoms with Crippen molar-refractivity contribution in [2.24, 2.45) is 0 Å². The zero-order valence-electron chi connectivity index (χ0n) is 12.5. The molecule has 2 atom stereocenters. The van der Waals surface area contributed by atoms with Crippen LogP contribution >= 0.6 is 0 Å². The van der Waals surface area contributed by atoms with Crippen LogP contribution in [0, 0.1) is 13.8 Å². The van der Waals surface area contributed by atoms with E-state index in [4.69, 9.17) is 0 Å². The lowest BCUT2D eigenvalue weighted by Crippen LogP contribution is -2.46. The van der Waals surface area contributed by atoms with E-state index in [1.807, 2.05) is 26.0 Å². The van der Waals surface area contributed by atoms with Crippen LogP contribution in [0.3, 0.4) is 0 Å². The number of hydrogen-bond donors (Lipinski definition) is 2. The van der Waals surface area contributed by atoms with Crippen molar-refractivity contribution in [1.82, 2.24) is 4.72 Å². The molecule has 1 amide bonds. The fourth-order valence-electron chi connectivity index (χ4n) is 2.64. The summed E-state index contributed by atoms with van der Waals surface area (Å²) < 4.78 is 2.95. The van der Waals surface area contributed by atoms with Gasteiger partial charge in [0.05, 0.1) is 6.42 Å². The van der Waals surface area contributed by atoms with Crippen LogP contribution in [0.4, 0.5) is 0 Å². The summed E-state index contributed by atoms with van der Waals surface area (Å²) >= 11 is -0.526. The van der Waals surface area contributed by atoms with Gasteiger partial charge in [0.2, 0.25) is 5.25 Å². The molecule has 0 aliphatic carbocycles. The molecule has 1 aliphatic rings. The molecule has 2 unspecified atom stereocenters. The van der Waals surface area contributed by atoms with Gasteiger partial charge in [0, 0.05) is 6.42 Å². The quantitative estimate of drug-likeness (QED) is 0.837. The number of rotatable bonds is 4. The third kappa shape index (κ3) is 4.24. The number of carbonyl (C=O) groups is 2. The number of carboxylic acid groups (broad SMARTS) is 1. The maximum absolute atomic E-state index is 12.2. The van der Waals surface area contributed by atoms with Gasteiger partial charge < -0.3 is 5.11 Å². The first kappa shape index (κ1) is 15.9. The molecule has 0 bridgehead atoms. The van der Waals surface area contributed by atoms with Crippen molar-refractivity contribution in [3.63, 3.8) is 0 Å². The number of aryl methyl sites for hydroxylation is 2. The summed E-state index contributed by atoms with van der Waals surface area (Å²) in [5, 5.41) is 8.83. The molecule has 0 spiro atoms. The molecule has 0 saturated carbocycles. The third-order valence-electron chi connectivity index (χ3n) is 3.79. The van der Waals surface area contributed by atoms with E-state index < -0.39 is 22.3 Å². The molecule has 1 aromatic carbocycles. The molecule has 1 fully saturated rings. The number of carboxylic acids is 1. The number of carbonyl (C=O) groups excluding carboxylic acids is 1. The average Bonchev–Trinajstić information content (AvgIpc) is 2.42. The first-order chi connectivity index (χ1) is 9.97. The van der Waals surface area contributed by atoms with Gasteiger partial charge in [-0.2, -0.15) is 4.72 Å². The smallest absolute Gasteiger partial charge is 0.359 e. The van der Waals surface area contributed by atoms with E-state index in [-0.39, 0.29) is 5.91 Å². The molecular weight excluding hydrogens is 286 g/mol. The van der Waals surface area contributed by atoms with Gasteiger partial charge in [-0.15, -0.1) is 0 Å². The topological polar surface area (TPSA) is 66.4 Å². The molecule has 4 nitrogen and oxygen atoms in total. The second-order valence-electron chi connectivity index (χ2n) is 5.59. The molecule has 2 N–H and O–H groups in total. The Morgan fingerprint density at radius 3 is 2.76 bits per heavy atom. The van der Waals surface area contributed by atoms with Crippen molar-refractivity contribution in [2.75, 3.05) is 5.75 Å². The van der Waals surface area contributed by atoms with Crippen molar-refractivity contribution in [3.8, 4) is 0 Å². The predicted molar refractivity (Wildman–Crippen MR) is 85.3 cm³/mol. The monoisotopic (exact) mass is 308 g/mol. The predicted octanol–water partition coefficient (Wildman–Crippen LogP) is 2.13. The van der Waals surface area contributed by atoms with E-state index in [2.05, 4.69) is 10.8 Å². The zero-order chi connectivity index (χ0) is 15.4. The second-order valence-corrected chi connectivity index (χ2v) is 7.63. The van der Waals surface area contributed by atoms with Crippen LogP contribution in [0.1, 0.15) is 36.0 Å². The Hall–Kier alpha value is -1.49.